The minimum Gasteiger partial charge on any atom is -0.494 e. The lowest BCUT2D eigenvalue weighted by Gasteiger charge is -2.34. The first-order valence-electron chi connectivity index (χ1n) is 11.9. The Morgan fingerprint density at radius 3 is 2.55 bits per heavy atom. The van der Waals surface area contributed by atoms with E-state index in [0.29, 0.717) is 44.2 Å². The number of H-pyrrole nitrogens is 1. The number of benzene rings is 1. The molecule has 1 aliphatic heterocycles. The fourth-order valence-corrected chi connectivity index (χ4v) is 4.64. The van der Waals surface area contributed by atoms with Crippen LogP contribution >= 0.6 is 0 Å². The summed E-state index contributed by atoms with van der Waals surface area (Å²) in [6.07, 6.45) is 9.13. The molecule has 8 heteroatoms. The molecule has 0 atom stereocenters. The van der Waals surface area contributed by atoms with Gasteiger partial charge in [-0.2, -0.15) is 0 Å². The van der Waals surface area contributed by atoms with E-state index in [2.05, 4.69) is 9.97 Å². The Kier molecular flexibility index (Phi) is 7.75. The minimum absolute atomic E-state index is 0.0459. The molecule has 2 heterocycles. The van der Waals surface area contributed by atoms with E-state index < -0.39 is 0 Å². The molecule has 33 heavy (non-hydrogen) atoms. The fraction of sp³-hybridized carbons (Fsp3) is 0.520. The van der Waals surface area contributed by atoms with Gasteiger partial charge in [0.1, 0.15) is 11.6 Å². The highest BCUT2D eigenvalue weighted by molar-refractivity contribution is 5.94. The van der Waals surface area contributed by atoms with Crippen molar-refractivity contribution in [2.24, 2.45) is 5.92 Å². The average Bonchev–Trinajstić information content (AvgIpc) is 2.84. The maximum atomic E-state index is 13.0. The number of nitrogens with zero attached hydrogens (tertiary/aromatic N) is 3. The van der Waals surface area contributed by atoms with E-state index >= 15 is 0 Å². The molecular weight excluding hydrogens is 420 g/mol. The Hall–Kier alpha value is -3.16. The summed E-state index contributed by atoms with van der Waals surface area (Å²) >= 11 is 0. The van der Waals surface area contributed by atoms with Gasteiger partial charge in [0.15, 0.2) is 0 Å². The van der Waals surface area contributed by atoms with Crippen molar-refractivity contribution < 1.29 is 14.3 Å². The Morgan fingerprint density at radius 1 is 1.03 bits per heavy atom. The van der Waals surface area contributed by atoms with E-state index in [-0.39, 0.29) is 23.8 Å². The van der Waals surface area contributed by atoms with Crippen LogP contribution in [0.5, 0.6) is 5.75 Å². The van der Waals surface area contributed by atoms with Crippen LogP contribution in [0.3, 0.4) is 0 Å². The van der Waals surface area contributed by atoms with E-state index in [1.807, 2.05) is 24.3 Å². The predicted molar refractivity (Wildman–Crippen MR) is 124 cm³/mol. The minimum atomic E-state index is -0.275. The van der Waals surface area contributed by atoms with Gasteiger partial charge in [-0.25, -0.2) is 4.98 Å². The Balaban J connectivity index is 1.25. The molecule has 2 aliphatic rings. The van der Waals surface area contributed by atoms with Crippen molar-refractivity contribution in [1.82, 2.24) is 19.8 Å². The van der Waals surface area contributed by atoms with Gasteiger partial charge >= 0.3 is 0 Å². The van der Waals surface area contributed by atoms with E-state index in [9.17, 15) is 14.4 Å². The summed E-state index contributed by atoms with van der Waals surface area (Å²) in [5.74, 6) is 1.69. The highest BCUT2D eigenvalue weighted by Crippen LogP contribution is 2.26. The zero-order chi connectivity index (χ0) is 23.0. The maximum Gasteiger partial charge on any atom is 0.254 e. The summed E-state index contributed by atoms with van der Waals surface area (Å²) in [5.41, 5.74) is 0.333. The molecule has 1 saturated heterocycles. The summed E-state index contributed by atoms with van der Waals surface area (Å²) in [6, 6.07) is 8.70. The first-order chi connectivity index (χ1) is 16.1. The van der Waals surface area contributed by atoms with E-state index in [1.54, 1.807) is 9.80 Å². The van der Waals surface area contributed by atoms with Gasteiger partial charge in [-0.15, -0.1) is 0 Å². The maximum absolute atomic E-state index is 13.0. The molecule has 0 spiro atoms. The standard InChI is InChI=1S/C25H32N4O4/c30-23-9-11-26-22(27-23)18-24(31)28-12-14-29(15-13-28)25(32)20-7-4-8-21(17-20)33-16-10-19-5-2-1-3-6-19/h4,7-9,11,17,19H,1-3,5-6,10,12-16,18H2,(H,26,27,30). The van der Waals surface area contributed by atoms with Gasteiger partial charge in [0.25, 0.3) is 11.5 Å². The number of carbonyl (C=O) groups excluding carboxylic acids is 2. The molecule has 2 aromatic rings. The number of ether oxygens (including phenoxy) is 1. The number of piperazine rings is 1. The normalized spacial score (nSPS) is 17.1. The van der Waals surface area contributed by atoms with Gasteiger partial charge in [-0.1, -0.05) is 38.2 Å². The SMILES string of the molecule is O=C(Cc1nccc(=O)[nH]1)N1CCN(C(=O)c2cccc(OCCC3CCCCC3)c2)CC1. The molecule has 4 rings (SSSR count). The van der Waals surface area contributed by atoms with Crippen molar-refractivity contribution in [1.29, 1.82) is 0 Å². The average molecular weight is 453 g/mol. The molecule has 176 valence electrons. The van der Waals surface area contributed by atoms with Crippen LogP contribution in [0.1, 0.15) is 54.7 Å². The molecule has 1 aliphatic carbocycles. The predicted octanol–water partition coefficient (Wildman–Crippen LogP) is 2.65. The Labute approximate surface area is 194 Å². The third-order valence-electron chi connectivity index (χ3n) is 6.56. The molecule has 8 nitrogen and oxygen atoms in total. The number of aromatic amines is 1. The molecule has 1 saturated carbocycles. The van der Waals surface area contributed by atoms with Crippen LogP contribution in [0.2, 0.25) is 0 Å². The van der Waals surface area contributed by atoms with Crippen LogP contribution < -0.4 is 10.3 Å². The van der Waals surface area contributed by atoms with Crippen LogP contribution in [0.25, 0.3) is 0 Å². The lowest BCUT2D eigenvalue weighted by atomic mass is 9.87. The van der Waals surface area contributed by atoms with Gasteiger partial charge < -0.3 is 19.5 Å². The molecule has 2 fully saturated rings. The number of carbonyl (C=O) groups is 2. The van der Waals surface area contributed by atoms with Crippen molar-refractivity contribution in [2.45, 2.75) is 44.9 Å². The second-order valence-corrected chi connectivity index (χ2v) is 8.90. The first-order valence-corrected chi connectivity index (χ1v) is 11.9. The van der Waals surface area contributed by atoms with Crippen molar-refractivity contribution in [3.05, 3.63) is 58.3 Å². The highest BCUT2D eigenvalue weighted by Gasteiger charge is 2.25. The lowest BCUT2D eigenvalue weighted by Crippen LogP contribution is -2.51. The zero-order valence-corrected chi connectivity index (χ0v) is 19.0. The van der Waals surface area contributed by atoms with Crippen LogP contribution in [0, 0.1) is 5.92 Å². The molecule has 0 radical (unpaired) electrons. The molecule has 2 amide bonds. The summed E-state index contributed by atoms with van der Waals surface area (Å²) in [4.78, 5) is 47.0. The van der Waals surface area contributed by atoms with Crippen LogP contribution in [0.15, 0.2) is 41.3 Å². The van der Waals surface area contributed by atoms with Gasteiger partial charge in [-0.3, -0.25) is 14.4 Å². The number of rotatable bonds is 7. The third kappa shape index (κ3) is 6.43. The molecular formula is C25H32N4O4. The lowest BCUT2D eigenvalue weighted by molar-refractivity contribution is -0.132. The number of nitrogens with one attached hydrogen (secondary N) is 1. The molecule has 0 unspecified atom stereocenters. The van der Waals surface area contributed by atoms with E-state index in [0.717, 1.165) is 18.1 Å². The molecule has 1 aromatic carbocycles. The fourth-order valence-electron chi connectivity index (χ4n) is 4.64. The quantitative estimate of drug-likeness (QED) is 0.697. The number of amides is 2. The topological polar surface area (TPSA) is 95.6 Å². The molecule has 1 aromatic heterocycles. The number of hydrogen-bond donors (Lipinski definition) is 1. The largest absolute Gasteiger partial charge is 0.494 e. The Morgan fingerprint density at radius 2 is 1.79 bits per heavy atom. The third-order valence-corrected chi connectivity index (χ3v) is 6.56. The van der Waals surface area contributed by atoms with Gasteiger partial charge in [0, 0.05) is 44.0 Å². The van der Waals surface area contributed by atoms with Gasteiger partial charge in [0.2, 0.25) is 5.91 Å². The Bertz CT molecular complexity index is 1010. The van der Waals surface area contributed by atoms with Crippen molar-refractivity contribution in [3.8, 4) is 5.75 Å². The summed E-state index contributed by atoms with van der Waals surface area (Å²) in [5, 5.41) is 0. The summed E-state index contributed by atoms with van der Waals surface area (Å²) in [7, 11) is 0. The van der Waals surface area contributed by atoms with Crippen LogP contribution in [-0.2, 0) is 11.2 Å². The van der Waals surface area contributed by atoms with Crippen molar-refractivity contribution in [2.75, 3.05) is 32.8 Å². The monoisotopic (exact) mass is 452 g/mol. The van der Waals surface area contributed by atoms with E-state index in [1.165, 1.54) is 44.4 Å². The number of hydrogen-bond acceptors (Lipinski definition) is 5. The van der Waals surface area contributed by atoms with Crippen LogP contribution in [0.4, 0.5) is 0 Å². The molecule has 0 bridgehead atoms. The number of aromatic nitrogens is 2. The highest BCUT2D eigenvalue weighted by atomic mass is 16.5. The summed E-state index contributed by atoms with van der Waals surface area (Å²) < 4.78 is 5.95. The first kappa shape index (κ1) is 23.0. The van der Waals surface area contributed by atoms with Gasteiger partial charge in [0.05, 0.1) is 13.0 Å². The van der Waals surface area contributed by atoms with Crippen LogP contribution in [-0.4, -0.2) is 64.4 Å². The summed E-state index contributed by atoms with van der Waals surface area (Å²) in [6.45, 7) is 2.54. The molecule has 1 N–H and O–H groups in total. The van der Waals surface area contributed by atoms with Gasteiger partial charge in [-0.05, 0) is 30.5 Å². The van der Waals surface area contributed by atoms with E-state index in [4.69, 9.17) is 4.74 Å². The zero-order valence-electron chi connectivity index (χ0n) is 19.0. The van der Waals surface area contributed by atoms with Crippen molar-refractivity contribution in [3.63, 3.8) is 0 Å². The second kappa shape index (κ2) is 11.1. The van der Waals surface area contributed by atoms with Crippen molar-refractivity contribution >= 4 is 11.8 Å². The second-order valence-electron chi connectivity index (χ2n) is 8.90. The smallest absolute Gasteiger partial charge is 0.254 e.